The Balaban J connectivity index is 2.01. The lowest BCUT2D eigenvalue weighted by Crippen LogP contribution is -2.46. The quantitative estimate of drug-likeness (QED) is 0.866. The standard InChI is InChI=1S/C16H25FN2O/c1-3-9-18-13-6-5-10-19(12-13)14-7-8-16(20-4-2)15(17)11-14/h7-8,11,13,18H,3-6,9-10,12H2,1-2H3. The normalized spacial score (nSPS) is 19.1. The molecule has 1 N–H and O–H groups in total. The highest BCUT2D eigenvalue weighted by atomic mass is 19.1. The van der Waals surface area contributed by atoms with Crippen molar-refractivity contribution in [3.8, 4) is 5.75 Å². The molecule has 1 unspecified atom stereocenters. The number of nitrogens with zero attached hydrogens (tertiary/aromatic N) is 1. The average molecular weight is 280 g/mol. The van der Waals surface area contributed by atoms with Gasteiger partial charge in [-0.15, -0.1) is 0 Å². The molecule has 1 aliphatic rings. The van der Waals surface area contributed by atoms with E-state index in [0.29, 0.717) is 18.4 Å². The number of hydrogen-bond acceptors (Lipinski definition) is 3. The van der Waals surface area contributed by atoms with E-state index in [4.69, 9.17) is 4.74 Å². The lowest BCUT2D eigenvalue weighted by Gasteiger charge is -2.35. The number of hydrogen-bond donors (Lipinski definition) is 1. The summed E-state index contributed by atoms with van der Waals surface area (Å²) in [6.07, 6.45) is 3.50. The first-order valence-electron chi connectivity index (χ1n) is 7.65. The number of ether oxygens (including phenoxy) is 1. The van der Waals surface area contributed by atoms with Crippen LogP contribution in [0.25, 0.3) is 0 Å². The summed E-state index contributed by atoms with van der Waals surface area (Å²) in [4.78, 5) is 2.26. The van der Waals surface area contributed by atoms with Gasteiger partial charge in [0.15, 0.2) is 11.6 Å². The molecule has 2 rings (SSSR count). The third kappa shape index (κ3) is 3.85. The maximum absolute atomic E-state index is 13.9. The Morgan fingerprint density at radius 3 is 2.95 bits per heavy atom. The fourth-order valence-electron chi connectivity index (χ4n) is 2.69. The fourth-order valence-corrected chi connectivity index (χ4v) is 2.69. The van der Waals surface area contributed by atoms with Crippen molar-refractivity contribution in [2.75, 3.05) is 31.1 Å². The number of benzene rings is 1. The highest BCUT2D eigenvalue weighted by molar-refractivity contribution is 5.50. The average Bonchev–Trinajstić information content (AvgIpc) is 2.48. The summed E-state index contributed by atoms with van der Waals surface area (Å²) in [7, 11) is 0. The van der Waals surface area contributed by atoms with Crippen LogP contribution in [-0.2, 0) is 0 Å². The minimum Gasteiger partial charge on any atom is -0.491 e. The van der Waals surface area contributed by atoms with Crippen molar-refractivity contribution in [2.24, 2.45) is 0 Å². The maximum atomic E-state index is 13.9. The molecule has 1 saturated heterocycles. The molecule has 4 heteroatoms. The Kier molecular flexibility index (Phi) is 5.65. The van der Waals surface area contributed by atoms with Gasteiger partial charge in [-0.3, -0.25) is 0 Å². The summed E-state index contributed by atoms with van der Waals surface area (Å²) in [5, 5.41) is 3.56. The van der Waals surface area contributed by atoms with Gasteiger partial charge in [0.05, 0.1) is 6.61 Å². The first-order valence-corrected chi connectivity index (χ1v) is 7.65. The first kappa shape index (κ1) is 15.1. The van der Waals surface area contributed by atoms with E-state index in [9.17, 15) is 4.39 Å². The molecule has 0 spiro atoms. The van der Waals surface area contributed by atoms with Crippen molar-refractivity contribution >= 4 is 5.69 Å². The third-order valence-corrected chi connectivity index (χ3v) is 3.68. The summed E-state index contributed by atoms with van der Waals surface area (Å²) in [5.74, 6) is 0.0712. The second-order valence-corrected chi connectivity index (χ2v) is 5.29. The van der Waals surface area contributed by atoms with E-state index < -0.39 is 0 Å². The lowest BCUT2D eigenvalue weighted by molar-refractivity contribution is 0.321. The van der Waals surface area contributed by atoms with E-state index in [2.05, 4.69) is 17.1 Å². The maximum Gasteiger partial charge on any atom is 0.167 e. The largest absolute Gasteiger partial charge is 0.491 e. The summed E-state index contributed by atoms with van der Waals surface area (Å²) in [5.41, 5.74) is 0.953. The number of halogens is 1. The van der Waals surface area contributed by atoms with E-state index in [1.807, 2.05) is 13.0 Å². The highest BCUT2D eigenvalue weighted by Crippen LogP contribution is 2.26. The van der Waals surface area contributed by atoms with E-state index in [0.717, 1.165) is 38.2 Å². The SMILES string of the molecule is CCCNC1CCCN(c2ccc(OCC)c(F)c2)C1. The molecule has 0 amide bonds. The van der Waals surface area contributed by atoms with Crippen molar-refractivity contribution in [3.05, 3.63) is 24.0 Å². The molecule has 20 heavy (non-hydrogen) atoms. The molecule has 112 valence electrons. The van der Waals surface area contributed by atoms with Gasteiger partial charge in [-0.25, -0.2) is 4.39 Å². The van der Waals surface area contributed by atoms with Gasteiger partial charge >= 0.3 is 0 Å². The molecule has 1 fully saturated rings. The molecule has 0 aliphatic carbocycles. The van der Waals surface area contributed by atoms with Gasteiger partial charge in [0, 0.05) is 30.9 Å². The van der Waals surface area contributed by atoms with Gasteiger partial charge in [-0.05, 0) is 44.9 Å². The van der Waals surface area contributed by atoms with Crippen LogP contribution in [0, 0.1) is 5.82 Å². The Bertz CT molecular complexity index is 425. The Labute approximate surface area is 121 Å². The van der Waals surface area contributed by atoms with E-state index in [1.165, 1.54) is 6.42 Å². The fraction of sp³-hybridized carbons (Fsp3) is 0.625. The predicted molar refractivity (Wildman–Crippen MR) is 81.1 cm³/mol. The molecule has 3 nitrogen and oxygen atoms in total. The summed E-state index contributed by atoms with van der Waals surface area (Å²) in [6.45, 7) is 7.53. The zero-order valence-electron chi connectivity index (χ0n) is 12.5. The van der Waals surface area contributed by atoms with E-state index in [-0.39, 0.29) is 5.82 Å². The third-order valence-electron chi connectivity index (χ3n) is 3.68. The number of rotatable bonds is 6. The molecule has 0 radical (unpaired) electrons. The van der Waals surface area contributed by atoms with Crippen LogP contribution in [0.2, 0.25) is 0 Å². The lowest BCUT2D eigenvalue weighted by atomic mass is 10.0. The Morgan fingerprint density at radius 2 is 2.25 bits per heavy atom. The molecule has 0 bridgehead atoms. The monoisotopic (exact) mass is 280 g/mol. The van der Waals surface area contributed by atoms with Gasteiger partial charge in [0.1, 0.15) is 0 Å². The van der Waals surface area contributed by atoms with Crippen LogP contribution >= 0.6 is 0 Å². The molecule has 1 aliphatic heterocycles. The van der Waals surface area contributed by atoms with Gasteiger partial charge in [0.2, 0.25) is 0 Å². The predicted octanol–water partition coefficient (Wildman–Crippen LogP) is 3.19. The summed E-state index contributed by atoms with van der Waals surface area (Å²) < 4.78 is 19.2. The molecular formula is C16H25FN2O. The van der Waals surface area contributed by atoms with Crippen molar-refractivity contribution in [1.82, 2.24) is 5.32 Å². The van der Waals surface area contributed by atoms with Crippen LogP contribution in [0.3, 0.4) is 0 Å². The molecule has 0 aromatic heterocycles. The van der Waals surface area contributed by atoms with Crippen molar-refractivity contribution < 1.29 is 9.13 Å². The zero-order chi connectivity index (χ0) is 14.4. The molecule has 1 aromatic rings. The molecule has 1 atom stereocenters. The minimum atomic E-state index is -0.270. The number of piperidine rings is 1. The molecule has 1 heterocycles. The molecule has 1 aromatic carbocycles. The Hall–Kier alpha value is -1.29. The van der Waals surface area contributed by atoms with Gasteiger partial charge in [0.25, 0.3) is 0 Å². The van der Waals surface area contributed by atoms with Gasteiger partial charge in [-0.1, -0.05) is 6.92 Å². The first-order chi connectivity index (χ1) is 9.74. The van der Waals surface area contributed by atoms with E-state index in [1.54, 1.807) is 12.1 Å². The van der Waals surface area contributed by atoms with Gasteiger partial charge < -0.3 is 15.0 Å². The van der Waals surface area contributed by atoms with Crippen LogP contribution in [-0.4, -0.2) is 32.3 Å². The van der Waals surface area contributed by atoms with Crippen molar-refractivity contribution in [2.45, 2.75) is 39.2 Å². The van der Waals surface area contributed by atoms with Crippen molar-refractivity contribution in [3.63, 3.8) is 0 Å². The smallest absolute Gasteiger partial charge is 0.167 e. The minimum absolute atomic E-state index is 0.270. The summed E-state index contributed by atoms with van der Waals surface area (Å²) in [6, 6.07) is 5.79. The van der Waals surface area contributed by atoms with Crippen LogP contribution < -0.4 is 15.0 Å². The van der Waals surface area contributed by atoms with Crippen LogP contribution in [0.4, 0.5) is 10.1 Å². The van der Waals surface area contributed by atoms with E-state index >= 15 is 0 Å². The number of anilines is 1. The zero-order valence-corrected chi connectivity index (χ0v) is 12.5. The number of nitrogens with one attached hydrogen (secondary N) is 1. The Morgan fingerprint density at radius 1 is 1.40 bits per heavy atom. The van der Waals surface area contributed by atoms with Crippen molar-refractivity contribution in [1.29, 1.82) is 0 Å². The van der Waals surface area contributed by atoms with Crippen LogP contribution in [0.15, 0.2) is 18.2 Å². The molecular weight excluding hydrogens is 255 g/mol. The second-order valence-electron chi connectivity index (χ2n) is 5.29. The molecule has 0 saturated carbocycles. The second kappa shape index (κ2) is 7.48. The van der Waals surface area contributed by atoms with Gasteiger partial charge in [-0.2, -0.15) is 0 Å². The van der Waals surface area contributed by atoms with Crippen LogP contribution in [0.1, 0.15) is 33.1 Å². The summed E-state index contributed by atoms with van der Waals surface area (Å²) >= 11 is 0. The topological polar surface area (TPSA) is 24.5 Å². The van der Waals surface area contributed by atoms with Crippen LogP contribution in [0.5, 0.6) is 5.75 Å². The highest BCUT2D eigenvalue weighted by Gasteiger charge is 2.20.